The van der Waals surface area contributed by atoms with Crippen molar-refractivity contribution in [1.82, 2.24) is 30.2 Å². The van der Waals surface area contributed by atoms with Gasteiger partial charge in [-0.25, -0.2) is 0 Å². The molecular weight excluding hydrogens is 344 g/mol. The average Bonchev–Trinajstić information content (AvgIpc) is 3.18. The van der Waals surface area contributed by atoms with Gasteiger partial charge in [-0.05, 0) is 37.4 Å². The molecule has 0 saturated carbocycles. The second-order valence-electron chi connectivity index (χ2n) is 7.36. The van der Waals surface area contributed by atoms with Crippen LogP contribution in [0.25, 0.3) is 11.4 Å². The number of aromatic nitrogens is 4. The SMILES string of the molecule is COCCNC(=O)[C@@H]1CN2CC[C@H]1C[C@@H]2Cn1cc(-c2ccccn2)nn1. The van der Waals surface area contributed by atoms with Crippen LogP contribution in [0.5, 0.6) is 0 Å². The maximum Gasteiger partial charge on any atom is 0.224 e. The summed E-state index contributed by atoms with van der Waals surface area (Å²) in [5.74, 6) is 0.700. The van der Waals surface area contributed by atoms with Gasteiger partial charge in [0.2, 0.25) is 5.91 Å². The third-order valence-corrected chi connectivity index (χ3v) is 5.68. The molecule has 2 aromatic heterocycles. The second-order valence-corrected chi connectivity index (χ2v) is 7.36. The van der Waals surface area contributed by atoms with Crippen molar-refractivity contribution >= 4 is 5.91 Å². The number of pyridine rings is 1. The molecule has 8 heteroatoms. The molecule has 3 aliphatic heterocycles. The van der Waals surface area contributed by atoms with E-state index in [1.54, 1.807) is 13.3 Å². The second kappa shape index (κ2) is 8.14. The van der Waals surface area contributed by atoms with Crippen molar-refractivity contribution in [3.8, 4) is 11.4 Å². The van der Waals surface area contributed by atoms with E-state index in [9.17, 15) is 4.79 Å². The number of hydrogen-bond acceptors (Lipinski definition) is 6. The fourth-order valence-corrected chi connectivity index (χ4v) is 4.27. The predicted octanol–water partition coefficient (Wildman–Crippen LogP) is 0.813. The highest BCUT2D eigenvalue weighted by molar-refractivity contribution is 5.79. The van der Waals surface area contributed by atoms with Crippen molar-refractivity contribution in [3.63, 3.8) is 0 Å². The predicted molar refractivity (Wildman–Crippen MR) is 99.7 cm³/mol. The fourth-order valence-electron chi connectivity index (χ4n) is 4.27. The molecule has 2 aromatic rings. The summed E-state index contributed by atoms with van der Waals surface area (Å²) < 4.78 is 6.92. The summed E-state index contributed by atoms with van der Waals surface area (Å²) in [6.45, 7) is 3.82. The van der Waals surface area contributed by atoms with Crippen LogP contribution in [0, 0.1) is 11.8 Å². The molecule has 1 unspecified atom stereocenters. The van der Waals surface area contributed by atoms with Crippen LogP contribution in [0.4, 0.5) is 0 Å². The van der Waals surface area contributed by atoms with Crippen LogP contribution >= 0.6 is 0 Å². The Morgan fingerprint density at radius 2 is 2.30 bits per heavy atom. The smallest absolute Gasteiger partial charge is 0.224 e. The minimum absolute atomic E-state index is 0.0895. The lowest BCUT2D eigenvalue weighted by Gasteiger charge is -2.49. The number of fused-ring (bicyclic) bond motifs is 3. The Kier molecular flexibility index (Phi) is 5.45. The van der Waals surface area contributed by atoms with Crippen LogP contribution in [-0.2, 0) is 16.1 Å². The maximum atomic E-state index is 12.5. The highest BCUT2D eigenvalue weighted by atomic mass is 16.5. The van der Waals surface area contributed by atoms with Crippen molar-refractivity contribution < 1.29 is 9.53 Å². The largest absolute Gasteiger partial charge is 0.383 e. The van der Waals surface area contributed by atoms with Gasteiger partial charge in [-0.15, -0.1) is 5.10 Å². The molecule has 3 fully saturated rings. The zero-order valence-corrected chi connectivity index (χ0v) is 15.6. The first-order valence-electron chi connectivity index (χ1n) is 9.57. The van der Waals surface area contributed by atoms with Gasteiger partial charge in [0, 0.05) is 32.4 Å². The summed E-state index contributed by atoms with van der Waals surface area (Å²) in [5.41, 5.74) is 1.63. The number of nitrogens with zero attached hydrogens (tertiary/aromatic N) is 5. The van der Waals surface area contributed by atoms with Crippen LogP contribution in [-0.4, -0.2) is 70.2 Å². The number of methoxy groups -OCH3 is 1. The van der Waals surface area contributed by atoms with E-state index in [2.05, 4.69) is 25.5 Å². The monoisotopic (exact) mass is 370 g/mol. The summed E-state index contributed by atoms with van der Waals surface area (Å²) in [7, 11) is 1.65. The average molecular weight is 370 g/mol. The lowest BCUT2D eigenvalue weighted by atomic mass is 9.75. The van der Waals surface area contributed by atoms with E-state index in [1.165, 1.54) is 0 Å². The van der Waals surface area contributed by atoms with Gasteiger partial charge in [-0.3, -0.25) is 19.4 Å². The van der Waals surface area contributed by atoms with Crippen LogP contribution in [0.2, 0.25) is 0 Å². The van der Waals surface area contributed by atoms with E-state index in [4.69, 9.17) is 4.74 Å². The zero-order chi connectivity index (χ0) is 18.6. The van der Waals surface area contributed by atoms with Crippen LogP contribution < -0.4 is 5.32 Å². The van der Waals surface area contributed by atoms with E-state index >= 15 is 0 Å². The number of rotatable bonds is 7. The Labute approximate surface area is 158 Å². The maximum absolute atomic E-state index is 12.5. The Morgan fingerprint density at radius 1 is 1.37 bits per heavy atom. The molecule has 144 valence electrons. The lowest BCUT2D eigenvalue weighted by Crippen LogP contribution is -2.58. The van der Waals surface area contributed by atoms with Gasteiger partial charge >= 0.3 is 0 Å². The van der Waals surface area contributed by atoms with Crippen molar-refractivity contribution in [1.29, 1.82) is 0 Å². The first kappa shape index (κ1) is 18.1. The van der Waals surface area contributed by atoms with Gasteiger partial charge in [-0.1, -0.05) is 11.3 Å². The summed E-state index contributed by atoms with van der Waals surface area (Å²) in [6, 6.07) is 6.19. The Bertz CT molecular complexity index is 765. The number of ether oxygens (including phenoxy) is 1. The number of hydrogen-bond donors (Lipinski definition) is 1. The van der Waals surface area contributed by atoms with Crippen molar-refractivity contribution in [2.75, 3.05) is 33.4 Å². The van der Waals surface area contributed by atoms with Gasteiger partial charge in [-0.2, -0.15) is 0 Å². The molecular formula is C19H26N6O2. The summed E-state index contributed by atoms with van der Waals surface area (Å²) in [5, 5.41) is 11.5. The van der Waals surface area contributed by atoms with E-state index in [0.29, 0.717) is 25.1 Å². The third-order valence-electron chi connectivity index (χ3n) is 5.68. The number of carbonyl (C=O) groups excluding carboxylic acids is 1. The normalized spacial score (nSPS) is 26.9. The number of nitrogens with one attached hydrogen (secondary N) is 1. The van der Waals surface area contributed by atoms with Gasteiger partial charge in [0.05, 0.1) is 31.0 Å². The lowest BCUT2D eigenvalue weighted by molar-refractivity contribution is -0.133. The van der Waals surface area contributed by atoms with Crippen molar-refractivity contribution in [3.05, 3.63) is 30.6 Å². The molecule has 8 nitrogen and oxygen atoms in total. The molecule has 0 radical (unpaired) electrons. The van der Waals surface area contributed by atoms with E-state index in [-0.39, 0.29) is 11.8 Å². The molecule has 5 heterocycles. The van der Waals surface area contributed by atoms with Crippen LogP contribution in [0.1, 0.15) is 12.8 Å². The molecule has 0 aliphatic carbocycles. The Morgan fingerprint density at radius 3 is 3.04 bits per heavy atom. The standard InChI is InChI=1S/C19H26N6O2/c1-27-9-7-21-19(26)16-12-24-8-5-14(16)10-15(24)11-25-13-18(22-23-25)17-4-2-3-6-20-17/h2-4,6,13-16H,5,7-12H2,1H3,(H,21,26)/t14-,15+,16+/m0/s1. The molecule has 5 rings (SSSR count). The molecule has 27 heavy (non-hydrogen) atoms. The van der Waals surface area contributed by atoms with Gasteiger partial charge < -0.3 is 10.1 Å². The Hall–Kier alpha value is -2.32. The molecule has 1 amide bonds. The topological polar surface area (TPSA) is 85.2 Å². The van der Waals surface area contributed by atoms with Crippen LogP contribution in [0.3, 0.4) is 0 Å². The highest BCUT2D eigenvalue weighted by Crippen LogP contribution is 2.37. The molecule has 4 atom stereocenters. The van der Waals surface area contributed by atoms with E-state index in [1.807, 2.05) is 29.1 Å². The molecule has 0 spiro atoms. The van der Waals surface area contributed by atoms with Gasteiger partial charge in [0.25, 0.3) is 0 Å². The summed E-state index contributed by atoms with van der Waals surface area (Å²) in [4.78, 5) is 19.2. The molecule has 3 aliphatic rings. The summed E-state index contributed by atoms with van der Waals surface area (Å²) in [6.07, 6.45) is 5.84. The first-order valence-corrected chi connectivity index (χ1v) is 9.57. The highest BCUT2D eigenvalue weighted by Gasteiger charge is 2.43. The summed E-state index contributed by atoms with van der Waals surface area (Å²) >= 11 is 0. The minimum atomic E-state index is 0.0895. The fraction of sp³-hybridized carbons (Fsp3) is 0.579. The minimum Gasteiger partial charge on any atom is -0.383 e. The number of carbonyl (C=O) groups is 1. The first-order chi connectivity index (χ1) is 13.2. The molecule has 2 bridgehead atoms. The molecule has 1 N–H and O–H groups in total. The van der Waals surface area contributed by atoms with Crippen molar-refractivity contribution in [2.24, 2.45) is 11.8 Å². The van der Waals surface area contributed by atoms with Crippen molar-refractivity contribution in [2.45, 2.75) is 25.4 Å². The zero-order valence-electron chi connectivity index (χ0n) is 15.6. The Balaban J connectivity index is 1.36. The quantitative estimate of drug-likeness (QED) is 0.726. The number of amides is 1. The molecule has 3 saturated heterocycles. The number of piperidine rings is 3. The van der Waals surface area contributed by atoms with E-state index < -0.39 is 0 Å². The van der Waals surface area contributed by atoms with Gasteiger partial charge in [0.15, 0.2) is 0 Å². The molecule has 0 aromatic carbocycles. The van der Waals surface area contributed by atoms with Crippen LogP contribution in [0.15, 0.2) is 30.6 Å². The van der Waals surface area contributed by atoms with Gasteiger partial charge in [0.1, 0.15) is 5.69 Å². The third kappa shape index (κ3) is 4.01. The van der Waals surface area contributed by atoms with E-state index in [0.717, 1.165) is 43.9 Å².